The molecule has 1 aliphatic carbocycles. The molecule has 3 fully saturated rings. The maximum Gasteiger partial charge on any atom is 0.268 e. The molecule has 0 N–H and O–H groups in total. The Balaban J connectivity index is 1.35. The fraction of sp³-hybridized carbons (Fsp3) is 0.737. The van der Waals surface area contributed by atoms with E-state index in [1.54, 1.807) is 16.9 Å². The van der Waals surface area contributed by atoms with Crippen LogP contribution < -0.4 is 10.5 Å². The van der Waals surface area contributed by atoms with Gasteiger partial charge in [0.1, 0.15) is 0 Å². The third kappa shape index (κ3) is 3.77. The molecule has 1 aromatic heterocycles. The zero-order chi connectivity index (χ0) is 18.1. The molecule has 2 saturated heterocycles. The molecule has 3 heterocycles. The number of hydrogen-bond donors (Lipinski definition) is 0. The molecular weight excluding hydrogens is 330 g/mol. The molecule has 1 amide bonds. The van der Waals surface area contributed by atoms with E-state index >= 15 is 0 Å². The molecule has 1 saturated carbocycles. The molecule has 1 atom stereocenters. The first-order valence-electron chi connectivity index (χ1n) is 9.97. The van der Waals surface area contributed by atoms with Gasteiger partial charge in [-0.2, -0.15) is 5.10 Å². The summed E-state index contributed by atoms with van der Waals surface area (Å²) in [7, 11) is 0. The van der Waals surface area contributed by atoms with E-state index in [4.69, 9.17) is 0 Å². The van der Waals surface area contributed by atoms with E-state index in [2.05, 4.69) is 21.8 Å². The van der Waals surface area contributed by atoms with E-state index < -0.39 is 0 Å². The Morgan fingerprint density at radius 1 is 1.15 bits per heavy atom. The van der Waals surface area contributed by atoms with Crippen LogP contribution in [0, 0.1) is 11.8 Å². The largest absolute Gasteiger partial charge is 0.369 e. The third-order valence-electron chi connectivity index (χ3n) is 6.02. The second-order valence-electron chi connectivity index (χ2n) is 7.87. The van der Waals surface area contributed by atoms with Crippen LogP contribution in [-0.2, 0) is 11.3 Å². The van der Waals surface area contributed by atoms with Crippen molar-refractivity contribution in [2.45, 2.75) is 32.7 Å². The summed E-state index contributed by atoms with van der Waals surface area (Å²) in [5.74, 6) is 0.948. The Hall–Kier alpha value is -1.89. The summed E-state index contributed by atoms with van der Waals surface area (Å²) in [6.45, 7) is 9.09. The van der Waals surface area contributed by atoms with E-state index in [9.17, 15) is 9.59 Å². The fourth-order valence-electron chi connectivity index (χ4n) is 4.02. The minimum atomic E-state index is -0.0279. The van der Waals surface area contributed by atoms with Crippen LogP contribution in [0.5, 0.6) is 0 Å². The molecule has 0 bridgehead atoms. The minimum Gasteiger partial charge on any atom is -0.369 e. The van der Waals surface area contributed by atoms with Gasteiger partial charge in [-0.15, -0.1) is 0 Å². The second kappa shape index (κ2) is 7.39. The molecule has 1 unspecified atom stereocenters. The van der Waals surface area contributed by atoms with Crippen LogP contribution in [0.15, 0.2) is 17.1 Å². The first-order valence-corrected chi connectivity index (χ1v) is 9.97. The topological polar surface area (TPSA) is 61.7 Å². The zero-order valence-corrected chi connectivity index (χ0v) is 15.6. The number of rotatable bonds is 5. The minimum absolute atomic E-state index is 0.0279. The summed E-state index contributed by atoms with van der Waals surface area (Å²) in [4.78, 5) is 31.6. The smallest absolute Gasteiger partial charge is 0.268 e. The number of carbonyl (C=O) groups excluding carboxylic acids is 1. The quantitative estimate of drug-likeness (QED) is 0.772. The van der Waals surface area contributed by atoms with Gasteiger partial charge in [0.15, 0.2) is 0 Å². The SMILES string of the molecule is CCN1CCN(C(=O)C2CCN(c3cnn(CC4CC4)c(=O)c3)C2)CC1. The van der Waals surface area contributed by atoms with Crippen molar-refractivity contribution in [3.05, 3.63) is 22.6 Å². The number of hydrogen-bond acceptors (Lipinski definition) is 5. The molecule has 2 aliphatic heterocycles. The van der Waals surface area contributed by atoms with Crippen LogP contribution in [0.4, 0.5) is 5.69 Å². The number of nitrogens with zero attached hydrogens (tertiary/aromatic N) is 5. The van der Waals surface area contributed by atoms with Crippen molar-refractivity contribution < 1.29 is 4.79 Å². The summed E-state index contributed by atoms with van der Waals surface area (Å²) in [6, 6.07) is 1.68. The summed E-state index contributed by atoms with van der Waals surface area (Å²) < 4.78 is 1.58. The van der Waals surface area contributed by atoms with Gasteiger partial charge in [-0.1, -0.05) is 6.92 Å². The number of piperazine rings is 1. The molecule has 26 heavy (non-hydrogen) atoms. The standard InChI is InChI=1S/C19H29N5O2/c1-2-21-7-9-22(10-8-21)19(26)16-5-6-23(14-16)17-11-18(25)24(20-12-17)13-15-3-4-15/h11-12,15-16H,2-10,13-14H2,1H3. The van der Waals surface area contributed by atoms with Crippen molar-refractivity contribution in [3.8, 4) is 0 Å². The van der Waals surface area contributed by atoms with Gasteiger partial charge in [-0.25, -0.2) is 4.68 Å². The number of amides is 1. The molecule has 4 rings (SSSR count). The van der Waals surface area contributed by atoms with E-state index in [0.717, 1.165) is 57.9 Å². The Kier molecular flexibility index (Phi) is 4.98. The van der Waals surface area contributed by atoms with E-state index in [-0.39, 0.29) is 17.4 Å². The lowest BCUT2D eigenvalue weighted by Gasteiger charge is -2.35. The molecule has 142 valence electrons. The van der Waals surface area contributed by atoms with Gasteiger partial charge in [-0.05, 0) is 31.7 Å². The van der Waals surface area contributed by atoms with Crippen LogP contribution in [0.25, 0.3) is 0 Å². The molecule has 0 radical (unpaired) electrons. The molecule has 0 aromatic carbocycles. The second-order valence-corrected chi connectivity index (χ2v) is 7.87. The van der Waals surface area contributed by atoms with Gasteiger partial charge in [0.05, 0.1) is 17.8 Å². The Morgan fingerprint density at radius 2 is 1.92 bits per heavy atom. The van der Waals surface area contributed by atoms with E-state index in [0.29, 0.717) is 12.5 Å². The number of carbonyl (C=O) groups is 1. The molecule has 1 aromatic rings. The van der Waals surface area contributed by atoms with Crippen molar-refractivity contribution in [1.29, 1.82) is 0 Å². The zero-order valence-electron chi connectivity index (χ0n) is 15.6. The average Bonchev–Trinajstić information content (AvgIpc) is 3.35. The molecule has 0 spiro atoms. The molecule has 3 aliphatic rings. The predicted octanol–water partition coefficient (Wildman–Crippen LogP) is 0.644. The molecule has 7 nitrogen and oxygen atoms in total. The first-order chi connectivity index (χ1) is 12.6. The van der Waals surface area contributed by atoms with Gasteiger partial charge in [0.2, 0.25) is 5.91 Å². The lowest BCUT2D eigenvalue weighted by atomic mass is 10.1. The van der Waals surface area contributed by atoms with E-state index in [1.807, 2.05) is 4.90 Å². The van der Waals surface area contributed by atoms with Crippen molar-refractivity contribution in [3.63, 3.8) is 0 Å². The summed E-state index contributed by atoms with van der Waals surface area (Å²) in [5, 5.41) is 4.34. The Bertz CT molecular complexity index is 706. The predicted molar refractivity (Wildman–Crippen MR) is 100 cm³/mol. The number of likely N-dealkylation sites (N-methyl/N-ethyl adjacent to an activating group) is 1. The highest BCUT2D eigenvalue weighted by Crippen LogP contribution is 2.30. The highest BCUT2D eigenvalue weighted by molar-refractivity contribution is 5.80. The van der Waals surface area contributed by atoms with E-state index in [1.165, 1.54) is 12.8 Å². The van der Waals surface area contributed by atoms with Gasteiger partial charge in [0.25, 0.3) is 5.56 Å². The molecule has 7 heteroatoms. The van der Waals surface area contributed by atoms with Crippen molar-refractivity contribution in [2.75, 3.05) is 50.7 Å². The van der Waals surface area contributed by atoms with Crippen LogP contribution in [0.3, 0.4) is 0 Å². The summed E-state index contributed by atoms with van der Waals surface area (Å²) >= 11 is 0. The van der Waals surface area contributed by atoms with Gasteiger partial charge in [0, 0.05) is 51.9 Å². The lowest BCUT2D eigenvalue weighted by Crippen LogP contribution is -2.50. The maximum atomic E-state index is 12.8. The Morgan fingerprint density at radius 3 is 2.58 bits per heavy atom. The lowest BCUT2D eigenvalue weighted by molar-refractivity contribution is -0.136. The Labute approximate surface area is 154 Å². The van der Waals surface area contributed by atoms with Crippen LogP contribution in [-0.4, -0.2) is 71.3 Å². The van der Waals surface area contributed by atoms with Gasteiger partial charge in [-0.3, -0.25) is 9.59 Å². The normalized spacial score (nSPS) is 24.3. The van der Waals surface area contributed by atoms with Crippen molar-refractivity contribution >= 4 is 11.6 Å². The number of anilines is 1. The average molecular weight is 359 g/mol. The third-order valence-corrected chi connectivity index (χ3v) is 6.02. The van der Waals surface area contributed by atoms with Gasteiger partial charge < -0.3 is 14.7 Å². The van der Waals surface area contributed by atoms with Crippen LogP contribution in [0.2, 0.25) is 0 Å². The first kappa shape index (κ1) is 17.5. The van der Waals surface area contributed by atoms with Crippen LogP contribution >= 0.6 is 0 Å². The van der Waals surface area contributed by atoms with Crippen molar-refractivity contribution in [2.24, 2.45) is 11.8 Å². The maximum absolute atomic E-state index is 12.8. The molecular formula is C19H29N5O2. The highest BCUT2D eigenvalue weighted by Gasteiger charge is 2.33. The highest BCUT2D eigenvalue weighted by atomic mass is 16.2. The van der Waals surface area contributed by atoms with Crippen molar-refractivity contribution in [1.82, 2.24) is 19.6 Å². The summed E-state index contributed by atoms with van der Waals surface area (Å²) in [6.07, 6.45) is 5.06. The fourth-order valence-corrected chi connectivity index (χ4v) is 4.02. The monoisotopic (exact) mass is 359 g/mol. The van der Waals surface area contributed by atoms with Gasteiger partial charge >= 0.3 is 0 Å². The number of aromatic nitrogens is 2. The summed E-state index contributed by atoms with van der Waals surface area (Å²) in [5.41, 5.74) is 0.827. The van der Waals surface area contributed by atoms with Crippen LogP contribution in [0.1, 0.15) is 26.2 Å².